The van der Waals surface area contributed by atoms with Gasteiger partial charge >= 0.3 is 11.8 Å². The van der Waals surface area contributed by atoms with Crippen LogP contribution in [0.3, 0.4) is 0 Å². The third-order valence-corrected chi connectivity index (χ3v) is 10.4. The molecule has 0 saturated carbocycles. The highest BCUT2D eigenvalue weighted by molar-refractivity contribution is 6.23. The molecule has 3 aliphatic rings. The lowest BCUT2D eigenvalue weighted by atomic mass is 9.78. The van der Waals surface area contributed by atoms with Crippen LogP contribution in [0.5, 0.6) is 23.0 Å². The Balaban J connectivity index is 1.97. The molecule has 0 radical (unpaired) electrons. The normalized spacial score (nSPS) is 31.0. The Labute approximate surface area is 318 Å². The summed E-state index contributed by atoms with van der Waals surface area (Å²) in [5, 5.41) is 66.7. The van der Waals surface area contributed by atoms with Gasteiger partial charge in [0.15, 0.2) is 5.75 Å². The van der Waals surface area contributed by atoms with Gasteiger partial charge in [-0.05, 0) is 19.9 Å². The molecule has 16 heteroatoms. The molecule has 2 aromatic rings. The molecule has 0 fully saturated rings. The molecule has 3 aliphatic heterocycles. The number of nitrogens with two attached hydrogens (primary N) is 1. The third-order valence-electron chi connectivity index (χ3n) is 10.4. The van der Waals surface area contributed by atoms with Crippen LogP contribution in [0.1, 0.15) is 70.0 Å². The number of amides is 1. The van der Waals surface area contributed by atoms with Crippen molar-refractivity contribution in [1.29, 1.82) is 0 Å². The highest BCUT2D eigenvalue weighted by Crippen LogP contribution is 2.55. The Morgan fingerprint density at radius 1 is 0.964 bits per heavy atom. The van der Waals surface area contributed by atoms with E-state index in [0.717, 1.165) is 12.6 Å². The second kappa shape index (κ2) is 16.9. The number of Topliss-reactive ketones (excluding diaryl/α,β-unsaturated/α-hetero) is 1. The van der Waals surface area contributed by atoms with E-state index in [1.807, 2.05) is 0 Å². The maximum atomic E-state index is 14.2. The van der Waals surface area contributed by atoms with Gasteiger partial charge in [0, 0.05) is 61.2 Å². The third kappa shape index (κ3) is 8.16. The molecule has 9 atom stereocenters. The van der Waals surface area contributed by atoms with Crippen LogP contribution in [0.2, 0.25) is 0 Å². The zero-order valence-corrected chi connectivity index (χ0v) is 32.2. The number of esters is 1. The first kappa shape index (κ1) is 42.3. The molecular formula is C39H50N4O12. The lowest BCUT2D eigenvalue weighted by Crippen LogP contribution is -2.46. The van der Waals surface area contributed by atoms with Gasteiger partial charge in [-0.15, -0.1) is 5.10 Å². The number of hydrogen-bond acceptors (Lipinski definition) is 14. The molecule has 0 unspecified atom stereocenters. The lowest BCUT2D eigenvalue weighted by molar-refractivity contribution is -0.160. The number of anilines is 1. The van der Waals surface area contributed by atoms with Crippen LogP contribution in [0, 0.1) is 30.6 Å². The van der Waals surface area contributed by atoms with E-state index in [1.54, 1.807) is 39.8 Å². The molecule has 2 aromatic carbocycles. The topological polar surface area (TPSA) is 252 Å². The fraction of sp³-hybridized carbons (Fsp3) is 0.462. The molecule has 0 aromatic heterocycles. The number of aromatic hydroxyl groups is 3. The minimum Gasteiger partial charge on any atom is -0.507 e. The number of phenols is 3. The standard InChI is InChI=1S/C39H50N4O12/c1-17-11-10-12-18(2)38(51)43-29-24(15-41-42-16-40)33(48)26-27(34(29)49)32(47)22(6)36-28(26)37(50)39(8,55-36)53-14-13-25(52-9)19(3)35(54-23(7)44)21(5)31(46)20(4)30(17)45/h10-17,19-21,25,30-31,35,45-49H,1-9H3,(H2,40,42)(H,43,51)/b11-10-,14-13?,18-12-,41-15+/t17-,19+,20+,21+,25-,30-,31+,35+,39-/m0/s1. The summed E-state index contributed by atoms with van der Waals surface area (Å²) < 4.78 is 23.3. The predicted molar refractivity (Wildman–Crippen MR) is 204 cm³/mol. The molecule has 0 spiro atoms. The quantitative estimate of drug-likeness (QED) is 0.0580. The molecule has 5 rings (SSSR count). The van der Waals surface area contributed by atoms with Gasteiger partial charge in [0.25, 0.3) is 11.7 Å². The molecule has 8 N–H and O–H groups in total. The summed E-state index contributed by atoms with van der Waals surface area (Å²) in [4.78, 5) is 40.0. The average Bonchev–Trinajstić information content (AvgIpc) is 3.41. The van der Waals surface area contributed by atoms with Crippen molar-refractivity contribution < 1.29 is 58.9 Å². The van der Waals surface area contributed by atoms with Crippen molar-refractivity contribution in [2.45, 2.75) is 85.6 Å². The van der Waals surface area contributed by atoms with Crippen LogP contribution in [0.25, 0.3) is 10.8 Å². The highest BCUT2D eigenvalue weighted by atomic mass is 16.7. The van der Waals surface area contributed by atoms with Gasteiger partial charge in [0.05, 0.1) is 53.0 Å². The number of aliphatic hydroxyl groups is 2. The van der Waals surface area contributed by atoms with Gasteiger partial charge in [0.2, 0.25) is 0 Å². The van der Waals surface area contributed by atoms with Crippen molar-refractivity contribution in [3.05, 3.63) is 52.8 Å². The van der Waals surface area contributed by atoms with Crippen molar-refractivity contribution in [3.8, 4) is 23.0 Å². The molecule has 16 nitrogen and oxygen atoms in total. The molecule has 298 valence electrons. The number of ketones is 1. The monoisotopic (exact) mass is 766 g/mol. The number of rotatable bonds is 4. The largest absolute Gasteiger partial charge is 0.507 e. The Morgan fingerprint density at radius 3 is 2.25 bits per heavy atom. The first-order valence-electron chi connectivity index (χ1n) is 17.7. The summed E-state index contributed by atoms with van der Waals surface area (Å²) in [7, 11) is 1.42. The Hall–Kier alpha value is -5.45. The second-order valence-electron chi connectivity index (χ2n) is 14.1. The van der Waals surface area contributed by atoms with E-state index in [1.165, 1.54) is 53.2 Å². The van der Waals surface area contributed by atoms with Crippen molar-refractivity contribution in [1.82, 2.24) is 0 Å². The number of ether oxygens (including phenoxy) is 4. The number of nitrogens with zero attached hydrogens (tertiary/aromatic N) is 2. The van der Waals surface area contributed by atoms with Gasteiger partial charge in [0.1, 0.15) is 29.7 Å². The molecule has 0 aliphatic carbocycles. The van der Waals surface area contributed by atoms with Crippen molar-refractivity contribution in [3.63, 3.8) is 0 Å². The summed E-state index contributed by atoms with van der Waals surface area (Å²) in [6, 6.07) is 0. The van der Waals surface area contributed by atoms with Crippen molar-refractivity contribution in [2.75, 3.05) is 12.4 Å². The fourth-order valence-electron chi connectivity index (χ4n) is 7.00. The number of carbonyl (C=O) groups is 3. The number of benzene rings is 2. The number of methoxy groups -OCH3 is 1. The number of phenolic OH excluding ortho intramolecular Hbond substituents is 3. The van der Waals surface area contributed by atoms with Crippen LogP contribution in [-0.4, -0.2) is 93.1 Å². The molecule has 0 saturated heterocycles. The summed E-state index contributed by atoms with van der Waals surface area (Å²) in [5.74, 6) is -8.80. The van der Waals surface area contributed by atoms with E-state index >= 15 is 0 Å². The average molecular weight is 767 g/mol. The maximum absolute atomic E-state index is 14.2. The molecule has 1 amide bonds. The smallest absolute Gasteiger partial charge is 0.312 e. The first-order chi connectivity index (χ1) is 25.8. The Bertz CT molecular complexity index is 1990. The van der Waals surface area contributed by atoms with E-state index in [9.17, 15) is 39.9 Å². The molecular weight excluding hydrogens is 716 g/mol. The number of hydrogen-bond donors (Lipinski definition) is 7. The minimum atomic E-state index is -2.07. The first-order valence-corrected chi connectivity index (χ1v) is 17.7. The minimum absolute atomic E-state index is 0.0192. The number of fused-ring (bicyclic) bond motifs is 14. The van der Waals surface area contributed by atoms with Gasteiger partial charge in [-0.25, -0.2) is 0 Å². The molecule has 3 heterocycles. The van der Waals surface area contributed by atoms with Crippen LogP contribution >= 0.6 is 0 Å². The summed E-state index contributed by atoms with van der Waals surface area (Å²) in [6.45, 7) is 12.3. The number of aliphatic hydroxyl groups excluding tert-OH is 2. The van der Waals surface area contributed by atoms with Crippen LogP contribution in [-0.2, 0) is 23.8 Å². The van der Waals surface area contributed by atoms with Gasteiger partial charge in [-0.3, -0.25) is 14.4 Å². The van der Waals surface area contributed by atoms with E-state index in [-0.39, 0.29) is 44.5 Å². The van der Waals surface area contributed by atoms with Gasteiger partial charge in [-0.2, -0.15) is 5.10 Å². The van der Waals surface area contributed by atoms with Crippen molar-refractivity contribution >= 4 is 46.7 Å². The number of carbonyl (C=O) groups excluding carboxylic acids is 3. The zero-order valence-electron chi connectivity index (χ0n) is 32.2. The SMILES string of the molecule is CO[C@H]1C=CO[C@@]2(C)Oc3c(C)c(O)c4c(O)c(c(/C=N/N=C/N)c(O)c4c3C2=O)NC(=O)/C(C)=C\C=C/[C@H](C)[C@H](O)[C@@H](C)[C@@H](O)[C@@H](C)[C@H](OC(C)=O)[C@@H]1C. The Morgan fingerprint density at radius 2 is 1.64 bits per heavy atom. The lowest BCUT2D eigenvalue weighted by Gasteiger charge is -2.38. The van der Waals surface area contributed by atoms with E-state index in [2.05, 4.69) is 15.5 Å². The van der Waals surface area contributed by atoms with Crippen molar-refractivity contribution in [2.24, 2.45) is 39.6 Å². The van der Waals surface area contributed by atoms with Crippen LogP contribution < -0.4 is 15.8 Å². The molecule has 5 bridgehead atoms. The highest BCUT2D eigenvalue weighted by Gasteiger charge is 2.50. The fourth-order valence-corrected chi connectivity index (χ4v) is 7.00. The van der Waals surface area contributed by atoms with E-state index < -0.39 is 88.8 Å². The maximum Gasteiger partial charge on any atom is 0.312 e. The van der Waals surface area contributed by atoms with Gasteiger partial charge in [-0.1, -0.05) is 45.9 Å². The summed E-state index contributed by atoms with van der Waals surface area (Å²) in [5.41, 5.74) is 4.59. The second-order valence-corrected chi connectivity index (χ2v) is 14.1. The summed E-state index contributed by atoms with van der Waals surface area (Å²) >= 11 is 0. The zero-order chi connectivity index (χ0) is 41.1. The van der Waals surface area contributed by atoms with Crippen LogP contribution in [0.15, 0.2) is 46.3 Å². The van der Waals surface area contributed by atoms with Gasteiger partial charge < -0.3 is 55.5 Å². The number of allylic oxidation sites excluding steroid dienone is 2. The molecule has 55 heavy (non-hydrogen) atoms. The van der Waals surface area contributed by atoms with E-state index in [0.29, 0.717) is 0 Å². The van der Waals surface area contributed by atoms with Crippen LogP contribution in [0.4, 0.5) is 5.69 Å². The Kier molecular flexibility index (Phi) is 13.0. The van der Waals surface area contributed by atoms with E-state index in [4.69, 9.17) is 24.7 Å². The number of nitrogens with one attached hydrogen (secondary N) is 1. The summed E-state index contributed by atoms with van der Waals surface area (Å²) in [6.07, 6.45) is 5.20. The predicted octanol–water partition coefficient (Wildman–Crippen LogP) is 4.08.